The summed E-state index contributed by atoms with van der Waals surface area (Å²) in [7, 11) is -3.84. The summed E-state index contributed by atoms with van der Waals surface area (Å²) >= 11 is 0. The Bertz CT molecular complexity index is 1020. The van der Waals surface area contributed by atoms with Gasteiger partial charge in [-0.2, -0.15) is 0 Å². The molecule has 0 saturated heterocycles. The van der Waals surface area contributed by atoms with Crippen molar-refractivity contribution >= 4 is 27.6 Å². The van der Waals surface area contributed by atoms with Crippen LogP contribution in [0.25, 0.3) is 0 Å². The summed E-state index contributed by atoms with van der Waals surface area (Å²) in [6, 6.07) is 11.8. The molecule has 0 unspecified atom stereocenters. The molecular formula is C24H32N2O6S. The van der Waals surface area contributed by atoms with Gasteiger partial charge in [-0.25, -0.2) is 13.2 Å². The van der Waals surface area contributed by atoms with Crippen LogP contribution in [0.3, 0.4) is 0 Å². The number of amides is 1. The van der Waals surface area contributed by atoms with Crippen LogP contribution in [-0.4, -0.2) is 39.5 Å². The normalized spacial score (nSPS) is 12.2. The van der Waals surface area contributed by atoms with Gasteiger partial charge in [-0.1, -0.05) is 27.2 Å². The van der Waals surface area contributed by atoms with Gasteiger partial charge in [-0.3, -0.25) is 9.52 Å². The van der Waals surface area contributed by atoms with E-state index < -0.39 is 22.1 Å². The van der Waals surface area contributed by atoms with Crippen LogP contribution in [0.1, 0.15) is 50.9 Å². The Kier molecular flexibility index (Phi) is 9.72. The average molecular weight is 477 g/mol. The lowest BCUT2D eigenvalue weighted by Crippen LogP contribution is -2.38. The molecule has 2 aromatic rings. The molecule has 0 saturated carbocycles. The zero-order valence-corrected chi connectivity index (χ0v) is 20.3. The third-order valence-electron chi connectivity index (χ3n) is 4.60. The number of carbonyl (C=O) groups is 2. The predicted octanol–water partition coefficient (Wildman–Crippen LogP) is 3.98. The van der Waals surface area contributed by atoms with Gasteiger partial charge in [0, 0.05) is 12.2 Å². The zero-order chi connectivity index (χ0) is 24.4. The molecule has 1 amide bonds. The molecule has 2 aromatic carbocycles. The first-order valence-electron chi connectivity index (χ1n) is 11.0. The highest BCUT2D eigenvalue weighted by Crippen LogP contribution is 2.20. The Morgan fingerprint density at radius 3 is 2.18 bits per heavy atom. The molecule has 2 rings (SSSR count). The van der Waals surface area contributed by atoms with Crippen LogP contribution in [0, 0.1) is 5.92 Å². The van der Waals surface area contributed by atoms with Gasteiger partial charge in [-0.05, 0) is 67.8 Å². The monoisotopic (exact) mass is 476 g/mol. The third kappa shape index (κ3) is 8.42. The molecule has 1 atom stereocenters. The summed E-state index contributed by atoms with van der Waals surface area (Å²) < 4.78 is 38.6. The highest BCUT2D eigenvalue weighted by atomic mass is 32.2. The lowest BCUT2D eigenvalue weighted by atomic mass is 10.2. The molecule has 0 radical (unpaired) electrons. The fourth-order valence-corrected chi connectivity index (χ4v) is 3.74. The van der Waals surface area contributed by atoms with Crippen molar-refractivity contribution in [2.75, 3.05) is 17.9 Å². The van der Waals surface area contributed by atoms with Gasteiger partial charge in [0.2, 0.25) is 0 Å². The number of benzene rings is 2. The zero-order valence-electron chi connectivity index (χ0n) is 19.5. The number of rotatable bonds is 12. The van der Waals surface area contributed by atoms with Crippen LogP contribution in [0.15, 0.2) is 53.4 Å². The molecule has 8 nitrogen and oxygen atoms in total. The van der Waals surface area contributed by atoms with Crippen LogP contribution >= 0.6 is 0 Å². The number of nitrogens with one attached hydrogen (secondary N) is 2. The maximum Gasteiger partial charge on any atom is 0.338 e. The molecule has 180 valence electrons. The maximum absolute atomic E-state index is 12.7. The van der Waals surface area contributed by atoms with E-state index in [-0.39, 0.29) is 10.8 Å². The highest BCUT2D eigenvalue weighted by molar-refractivity contribution is 7.92. The van der Waals surface area contributed by atoms with E-state index in [4.69, 9.17) is 9.47 Å². The van der Waals surface area contributed by atoms with Gasteiger partial charge in [-0.15, -0.1) is 0 Å². The van der Waals surface area contributed by atoms with Crippen molar-refractivity contribution in [1.82, 2.24) is 5.32 Å². The predicted molar refractivity (Wildman–Crippen MR) is 127 cm³/mol. The fraction of sp³-hybridized carbons (Fsp3) is 0.417. The van der Waals surface area contributed by atoms with Crippen molar-refractivity contribution in [1.29, 1.82) is 0 Å². The van der Waals surface area contributed by atoms with E-state index in [0.29, 0.717) is 36.1 Å². The number of ether oxygens (including phenoxy) is 2. The van der Waals surface area contributed by atoms with E-state index in [0.717, 1.165) is 12.8 Å². The van der Waals surface area contributed by atoms with Crippen molar-refractivity contribution < 1.29 is 27.5 Å². The minimum absolute atomic E-state index is 0.0369. The van der Waals surface area contributed by atoms with E-state index >= 15 is 0 Å². The first-order chi connectivity index (χ1) is 15.6. The third-order valence-corrected chi connectivity index (χ3v) is 6.00. The quantitative estimate of drug-likeness (QED) is 0.354. The van der Waals surface area contributed by atoms with Crippen LogP contribution in [0.2, 0.25) is 0 Å². The van der Waals surface area contributed by atoms with Crippen molar-refractivity contribution in [3.63, 3.8) is 0 Å². The smallest absolute Gasteiger partial charge is 0.338 e. The Labute approximate surface area is 195 Å². The van der Waals surface area contributed by atoms with Gasteiger partial charge >= 0.3 is 5.97 Å². The van der Waals surface area contributed by atoms with Crippen LogP contribution < -0.4 is 14.8 Å². The van der Waals surface area contributed by atoms with Crippen molar-refractivity contribution in [3.8, 4) is 5.75 Å². The first kappa shape index (κ1) is 26.2. The summed E-state index contributed by atoms with van der Waals surface area (Å²) in [6.45, 7) is 8.53. The molecular weight excluding hydrogens is 444 g/mol. The summed E-state index contributed by atoms with van der Waals surface area (Å²) in [6.07, 6.45) is 1.00. The lowest BCUT2D eigenvalue weighted by molar-refractivity contribution is -0.127. The maximum atomic E-state index is 12.7. The molecule has 2 N–H and O–H groups in total. The molecule has 0 fully saturated rings. The van der Waals surface area contributed by atoms with Crippen LogP contribution in [0.5, 0.6) is 5.75 Å². The Morgan fingerprint density at radius 2 is 1.61 bits per heavy atom. The fourth-order valence-electron chi connectivity index (χ4n) is 2.68. The molecule has 0 aromatic heterocycles. The van der Waals surface area contributed by atoms with E-state index in [1.165, 1.54) is 48.5 Å². The van der Waals surface area contributed by atoms with Gasteiger partial charge in [0.1, 0.15) is 5.75 Å². The van der Waals surface area contributed by atoms with Gasteiger partial charge < -0.3 is 14.8 Å². The summed E-state index contributed by atoms with van der Waals surface area (Å²) in [5.41, 5.74) is 0.665. The molecule has 0 aliphatic carbocycles. The standard InChI is InChI=1S/C24H32N2O6S/c1-5-6-15-31-24(28)19-7-9-20(10-8-19)26-33(29,30)22-13-11-21(12-14-22)32-18(4)23(27)25-16-17(2)3/h7-14,17-18,26H,5-6,15-16H2,1-4H3,(H,25,27)/t18-/m0/s1. The van der Waals surface area contributed by atoms with E-state index in [9.17, 15) is 18.0 Å². The Balaban J connectivity index is 1.97. The van der Waals surface area contributed by atoms with E-state index in [1.807, 2.05) is 20.8 Å². The number of hydrogen-bond acceptors (Lipinski definition) is 6. The number of unbranched alkanes of at least 4 members (excludes halogenated alkanes) is 1. The Hall–Kier alpha value is -3.07. The molecule has 0 bridgehead atoms. The SMILES string of the molecule is CCCCOC(=O)c1ccc(NS(=O)(=O)c2ccc(O[C@@H](C)C(=O)NCC(C)C)cc2)cc1. The number of anilines is 1. The number of esters is 1. The van der Waals surface area contributed by atoms with E-state index in [1.54, 1.807) is 6.92 Å². The largest absolute Gasteiger partial charge is 0.481 e. The van der Waals surface area contributed by atoms with Crippen molar-refractivity contribution in [2.24, 2.45) is 5.92 Å². The molecule has 0 heterocycles. The van der Waals surface area contributed by atoms with Crippen LogP contribution in [0.4, 0.5) is 5.69 Å². The van der Waals surface area contributed by atoms with Gasteiger partial charge in [0.25, 0.3) is 15.9 Å². The summed E-state index contributed by atoms with van der Waals surface area (Å²) in [5, 5.41) is 2.79. The van der Waals surface area contributed by atoms with Gasteiger partial charge in [0.15, 0.2) is 6.10 Å². The molecule has 0 spiro atoms. The number of hydrogen-bond donors (Lipinski definition) is 2. The second-order valence-corrected chi connectivity index (χ2v) is 9.73. The number of sulfonamides is 1. The molecule has 9 heteroatoms. The van der Waals surface area contributed by atoms with Gasteiger partial charge in [0.05, 0.1) is 17.1 Å². The van der Waals surface area contributed by atoms with Crippen LogP contribution in [-0.2, 0) is 19.6 Å². The van der Waals surface area contributed by atoms with Crippen molar-refractivity contribution in [3.05, 3.63) is 54.1 Å². The minimum Gasteiger partial charge on any atom is -0.481 e. The second-order valence-electron chi connectivity index (χ2n) is 8.04. The minimum atomic E-state index is -3.84. The molecule has 0 aliphatic rings. The summed E-state index contributed by atoms with van der Waals surface area (Å²) in [5.74, 6) is 0.0290. The number of carbonyl (C=O) groups excluding carboxylic acids is 2. The average Bonchev–Trinajstić information content (AvgIpc) is 2.78. The molecule has 0 aliphatic heterocycles. The summed E-state index contributed by atoms with van der Waals surface area (Å²) in [4.78, 5) is 24.0. The lowest BCUT2D eigenvalue weighted by Gasteiger charge is -2.16. The topological polar surface area (TPSA) is 111 Å². The van der Waals surface area contributed by atoms with Crippen molar-refractivity contribution in [2.45, 2.75) is 51.5 Å². The highest BCUT2D eigenvalue weighted by Gasteiger charge is 2.17. The van der Waals surface area contributed by atoms with E-state index in [2.05, 4.69) is 10.0 Å². The Morgan fingerprint density at radius 1 is 0.970 bits per heavy atom. The molecule has 33 heavy (non-hydrogen) atoms. The first-order valence-corrected chi connectivity index (χ1v) is 12.4. The second kappa shape index (κ2) is 12.2.